The Kier molecular flexibility index (Phi) is 4.33. The van der Waals surface area contributed by atoms with E-state index in [1.54, 1.807) is 0 Å². The third-order valence-corrected chi connectivity index (χ3v) is 4.14. The van der Waals surface area contributed by atoms with Crippen molar-refractivity contribution in [3.63, 3.8) is 0 Å². The molecule has 0 saturated carbocycles. The summed E-state index contributed by atoms with van der Waals surface area (Å²) in [5, 5.41) is 2.92. The van der Waals surface area contributed by atoms with E-state index < -0.39 is 0 Å². The lowest BCUT2D eigenvalue weighted by Crippen LogP contribution is -2.41. The molecule has 1 fully saturated rings. The number of likely N-dealkylation sites (tertiary alicyclic amines) is 1. The van der Waals surface area contributed by atoms with E-state index in [9.17, 15) is 4.79 Å². The van der Waals surface area contributed by atoms with Gasteiger partial charge in [0.1, 0.15) is 0 Å². The van der Waals surface area contributed by atoms with Crippen LogP contribution in [0.1, 0.15) is 32.3 Å². The number of nitrogens with zero attached hydrogens (tertiary/aromatic N) is 1. The standard InChI is InChI=1S/C16H25N3O/c1-12-4-5-13(10-14(12)17)18-15(20)11-19-8-6-16(2,3)7-9-19/h4-5,10H,6-9,11,17H2,1-3H3,(H,18,20). The Bertz CT molecular complexity index is 486. The Morgan fingerprint density at radius 2 is 2.00 bits per heavy atom. The summed E-state index contributed by atoms with van der Waals surface area (Å²) in [6.45, 7) is 8.99. The van der Waals surface area contributed by atoms with Crippen molar-refractivity contribution in [2.24, 2.45) is 5.41 Å². The number of carbonyl (C=O) groups excluding carboxylic acids is 1. The summed E-state index contributed by atoms with van der Waals surface area (Å²) in [7, 11) is 0. The van der Waals surface area contributed by atoms with Gasteiger partial charge in [-0.3, -0.25) is 9.69 Å². The predicted molar refractivity (Wildman–Crippen MR) is 83.7 cm³/mol. The molecule has 0 atom stereocenters. The van der Waals surface area contributed by atoms with Crippen molar-refractivity contribution in [3.05, 3.63) is 23.8 Å². The molecule has 0 spiro atoms. The first-order valence-corrected chi connectivity index (χ1v) is 7.24. The smallest absolute Gasteiger partial charge is 0.238 e. The number of nitrogens with one attached hydrogen (secondary N) is 1. The first kappa shape index (κ1) is 14.9. The monoisotopic (exact) mass is 275 g/mol. The number of nitrogens with two attached hydrogens (primary N) is 1. The molecule has 0 unspecified atom stereocenters. The van der Waals surface area contributed by atoms with Crippen LogP contribution < -0.4 is 11.1 Å². The molecule has 110 valence electrons. The number of carbonyl (C=O) groups is 1. The highest BCUT2D eigenvalue weighted by Crippen LogP contribution is 2.29. The second-order valence-corrected chi connectivity index (χ2v) is 6.56. The van der Waals surface area contributed by atoms with Crippen LogP contribution in [-0.4, -0.2) is 30.4 Å². The first-order valence-electron chi connectivity index (χ1n) is 7.24. The number of benzene rings is 1. The van der Waals surface area contributed by atoms with Crippen LogP contribution in [0.3, 0.4) is 0 Å². The fourth-order valence-electron chi connectivity index (χ4n) is 2.44. The number of amides is 1. The SMILES string of the molecule is Cc1ccc(NC(=O)CN2CCC(C)(C)CC2)cc1N. The van der Waals surface area contributed by atoms with Crippen LogP contribution in [0.4, 0.5) is 11.4 Å². The quantitative estimate of drug-likeness (QED) is 0.834. The van der Waals surface area contributed by atoms with Crippen molar-refractivity contribution in [2.75, 3.05) is 30.7 Å². The molecule has 0 aliphatic carbocycles. The van der Waals surface area contributed by atoms with Gasteiger partial charge in [-0.25, -0.2) is 0 Å². The van der Waals surface area contributed by atoms with Gasteiger partial charge in [-0.2, -0.15) is 0 Å². The first-order chi connectivity index (χ1) is 9.35. The van der Waals surface area contributed by atoms with Gasteiger partial charge < -0.3 is 11.1 Å². The summed E-state index contributed by atoms with van der Waals surface area (Å²) in [5.41, 5.74) is 8.78. The molecule has 1 aliphatic heterocycles. The Balaban J connectivity index is 1.85. The molecule has 4 heteroatoms. The summed E-state index contributed by atoms with van der Waals surface area (Å²) in [6.07, 6.45) is 2.30. The fourth-order valence-corrected chi connectivity index (χ4v) is 2.44. The Hall–Kier alpha value is -1.55. The topological polar surface area (TPSA) is 58.4 Å². The Morgan fingerprint density at radius 3 is 2.60 bits per heavy atom. The van der Waals surface area contributed by atoms with Crippen LogP contribution >= 0.6 is 0 Å². The van der Waals surface area contributed by atoms with Crippen LogP contribution in [0.2, 0.25) is 0 Å². The average molecular weight is 275 g/mol. The fraction of sp³-hybridized carbons (Fsp3) is 0.562. The van der Waals surface area contributed by atoms with Crippen molar-refractivity contribution in [1.29, 1.82) is 0 Å². The minimum Gasteiger partial charge on any atom is -0.398 e. The normalized spacial score (nSPS) is 18.8. The molecule has 4 nitrogen and oxygen atoms in total. The molecule has 0 radical (unpaired) electrons. The zero-order valence-corrected chi connectivity index (χ0v) is 12.7. The van der Waals surface area contributed by atoms with Crippen LogP contribution in [0.25, 0.3) is 0 Å². The second-order valence-electron chi connectivity index (χ2n) is 6.56. The summed E-state index contributed by atoms with van der Waals surface area (Å²) in [4.78, 5) is 14.3. The van der Waals surface area contributed by atoms with Crippen molar-refractivity contribution in [2.45, 2.75) is 33.6 Å². The van der Waals surface area contributed by atoms with E-state index in [0.717, 1.165) is 37.2 Å². The van der Waals surface area contributed by atoms with Crippen LogP contribution in [-0.2, 0) is 4.79 Å². The third-order valence-electron chi connectivity index (χ3n) is 4.14. The average Bonchev–Trinajstić information content (AvgIpc) is 2.36. The number of piperidine rings is 1. The molecule has 0 bridgehead atoms. The van der Waals surface area contributed by atoms with E-state index in [0.29, 0.717) is 17.6 Å². The maximum absolute atomic E-state index is 12.0. The summed E-state index contributed by atoms with van der Waals surface area (Å²) < 4.78 is 0. The lowest BCUT2D eigenvalue weighted by atomic mass is 9.83. The van der Waals surface area contributed by atoms with Gasteiger partial charge in [-0.05, 0) is 56.0 Å². The minimum atomic E-state index is 0.0351. The van der Waals surface area contributed by atoms with Crippen LogP contribution in [0.15, 0.2) is 18.2 Å². The molecule has 20 heavy (non-hydrogen) atoms. The van der Waals surface area contributed by atoms with E-state index in [1.807, 2.05) is 25.1 Å². The molecular weight excluding hydrogens is 250 g/mol. The highest BCUT2D eigenvalue weighted by atomic mass is 16.2. The molecule has 1 heterocycles. The van der Waals surface area contributed by atoms with Crippen molar-refractivity contribution in [3.8, 4) is 0 Å². The van der Waals surface area contributed by atoms with Crippen molar-refractivity contribution >= 4 is 17.3 Å². The molecular formula is C16H25N3O. The number of hydrogen-bond acceptors (Lipinski definition) is 3. The minimum absolute atomic E-state index is 0.0351. The van der Waals surface area contributed by atoms with Gasteiger partial charge in [0.05, 0.1) is 6.54 Å². The third kappa shape index (κ3) is 3.97. The van der Waals surface area contributed by atoms with Gasteiger partial charge in [-0.15, -0.1) is 0 Å². The molecule has 3 N–H and O–H groups in total. The summed E-state index contributed by atoms with van der Waals surface area (Å²) in [6, 6.07) is 5.63. The predicted octanol–water partition coefficient (Wildman–Crippen LogP) is 2.64. The van der Waals surface area contributed by atoms with Crippen LogP contribution in [0.5, 0.6) is 0 Å². The number of hydrogen-bond donors (Lipinski definition) is 2. The molecule has 1 saturated heterocycles. The largest absolute Gasteiger partial charge is 0.398 e. The highest BCUT2D eigenvalue weighted by molar-refractivity contribution is 5.92. The van der Waals surface area contributed by atoms with Gasteiger partial charge >= 0.3 is 0 Å². The van der Waals surface area contributed by atoms with E-state index >= 15 is 0 Å². The van der Waals surface area contributed by atoms with E-state index in [-0.39, 0.29) is 5.91 Å². The van der Waals surface area contributed by atoms with Gasteiger partial charge in [0.25, 0.3) is 0 Å². The molecule has 2 rings (SSSR count). The van der Waals surface area contributed by atoms with Gasteiger partial charge in [0.2, 0.25) is 5.91 Å². The van der Waals surface area contributed by atoms with Crippen molar-refractivity contribution < 1.29 is 4.79 Å². The Morgan fingerprint density at radius 1 is 1.35 bits per heavy atom. The van der Waals surface area contributed by atoms with Crippen molar-refractivity contribution in [1.82, 2.24) is 4.90 Å². The van der Waals surface area contributed by atoms with Gasteiger partial charge in [0, 0.05) is 11.4 Å². The number of anilines is 2. The van der Waals surface area contributed by atoms with E-state index in [1.165, 1.54) is 0 Å². The number of nitrogen functional groups attached to an aromatic ring is 1. The highest BCUT2D eigenvalue weighted by Gasteiger charge is 2.26. The zero-order valence-electron chi connectivity index (χ0n) is 12.7. The molecule has 1 aromatic carbocycles. The number of rotatable bonds is 3. The Labute approximate surface area is 121 Å². The molecule has 0 aromatic heterocycles. The summed E-state index contributed by atoms with van der Waals surface area (Å²) in [5.74, 6) is 0.0351. The second kappa shape index (κ2) is 5.83. The lowest BCUT2D eigenvalue weighted by Gasteiger charge is -2.36. The molecule has 1 aliphatic rings. The molecule has 1 amide bonds. The van der Waals surface area contributed by atoms with E-state index in [2.05, 4.69) is 24.1 Å². The van der Waals surface area contributed by atoms with Gasteiger partial charge in [-0.1, -0.05) is 19.9 Å². The number of aryl methyl sites for hydroxylation is 1. The summed E-state index contributed by atoms with van der Waals surface area (Å²) >= 11 is 0. The maximum Gasteiger partial charge on any atom is 0.238 e. The van der Waals surface area contributed by atoms with E-state index in [4.69, 9.17) is 5.73 Å². The maximum atomic E-state index is 12.0. The van der Waals surface area contributed by atoms with Gasteiger partial charge in [0.15, 0.2) is 0 Å². The lowest BCUT2D eigenvalue weighted by molar-refractivity contribution is -0.117. The zero-order chi connectivity index (χ0) is 14.8. The van der Waals surface area contributed by atoms with Crippen LogP contribution in [0, 0.1) is 12.3 Å². The molecule has 1 aromatic rings.